The SMILES string of the molecule is O=C(O)[C@H]1CCCN(S(=O)(=O)c2cccc(F)c2C(F)(F)F)C1. The highest BCUT2D eigenvalue weighted by Crippen LogP contribution is 2.37. The average molecular weight is 355 g/mol. The maximum Gasteiger partial charge on any atom is 0.420 e. The van der Waals surface area contributed by atoms with E-state index >= 15 is 0 Å². The van der Waals surface area contributed by atoms with Crippen molar-refractivity contribution in [3.8, 4) is 0 Å². The summed E-state index contributed by atoms with van der Waals surface area (Å²) in [6.45, 7) is -0.550. The highest BCUT2D eigenvalue weighted by Gasteiger charge is 2.43. The Kier molecular flexibility index (Phi) is 4.67. The quantitative estimate of drug-likeness (QED) is 0.845. The van der Waals surface area contributed by atoms with Crippen LogP contribution in [0.4, 0.5) is 17.6 Å². The van der Waals surface area contributed by atoms with Gasteiger partial charge in [-0.25, -0.2) is 12.8 Å². The van der Waals surface area contributed by atoms with E-state index in [-0.39, 0.29) is 19.4 Å². The molecule has 1 aromatic rings. The number of alkyl halides is 3. The zero-order chi connectivity index (χ0) is 17.4. The first-order chi connectivity index (χ1) is 10.5. The average Bonchev–Trinajstić information content (AvgIpc) is 2.45. The van der Waals surface area contributed by atoms with Gasteiger partial charge >= 0.3 is 12.1 Å². The fourth-order valence-electron chi connectivity index (χ4n) is 2.50. The van der Waals surface area contributed by atoms with E-state index in [4.69, 9.17) is 5.11 Å². The Bertz CT molecular complexity index is 717. The van der Waals surface area contributed by atoms with Crippen LogP contribution in [0, 0.1) is 11.7 Å². The Balaban J connectivity index is 2.49. The number of carboxylic acids is 1. The number of rotatable bonds is 3. The van der Waals surface area contributed by atoms with E-state index in [9.17, 15) is 30.8 Å². The molecule has 23 heavy (non-hydrogen) atoms. The van der Waals surface area contributed by atoms with Crippen molar-refractivity contribution in [1.29, 1.82) is 0 Å². The van der Waals surface area contributed by atoms with Crippen molar-refractivity contribution in [2.75, 3.05) is 13.1 Å². The fourth-order valence-corrected chi connectivity index (χ4v) is 4.24. The van der Waals surface area contributed by atoms with Crippen LogP contribution >= 0.6 is 0 Å². The van der Waals surface area contributed by atoms with E-state index in [1.54, 1.807) is 0 Å². The minimum absolute atomic E-state index is 0.111. The summed E-state index contributed by atoms with van der Waals surface area (Å²) in [5.41, 5.74) is -1.86. The van der Waals surface area contributed by atoms with E-state index in [1.165, 1.54) is 0 Å². The second-order valence-electron chi connectivity index (χ2n) is 5.15. The van der Waals surface area contributed by atoms with Crippen LogP contribution in [0.25, 0.3) is 0 Å². The molecule has 0 saturated carbocycles. The van der Waals surface area contributed by atoms with Crippen molar-refractivity contribution in [3.05, 3.63) is 29.6 Å². The number of halogens is 4. The largest absolute Gasteiger partial charge is 0.481 e. The summed E-state index contributed by atoms with van der Waals surface area (Å²) in [6.07, 6.45) is -4.75. The van der Waals surface area contributed by atoms with Crippen molar-refractivity contribution in [2.45, 2.75) is 23.9 Å². The Hall–Kier alpha value is -1.68. The molecule has 1 aliphatic heterocycles. The first-order valence-corrected chi connectivity index (χ1v) is 8.08. The highest BCUT2D eigenvalue weighted by molar-refractivity contribution is 7.89. The molecule has 0 aliphatic carbocycles. The third-order valence-electron chi connectivity index (χ3n) is 3.61. The van der Waals surface area contributed by atoms with Gasteiger partial charge in [-0.3, -0.25) is 4.79 Å². The van der Waals surface area contributed by atoms with Crippen LogP contribution < -0.4 is 0 Å². The van der Waals surface area contributed by atoms with E-state index in [0.29, 0.717) is 16.4 Å². The van der Waals surface area contributed by atoms with Crippen molar-refractivity contribution < 1.29 is 35.9 Å². The zero-order valence-corrected chi connectivity index (χ0v) is 12.5. The number of benzene rings is 1. The van der Waals surface area contributed by atoms with Crippen molar-refractivity contribution >= 4 is 16.0 Å². The lowest BCUT2D eigenvalue weighted by molar-refractivity contribution is -0.144. The van der Waals surface area contributed by atoms with E-state index in [1.807, 2.05) is 0 Å². The fraction of sp³-hybridized carbons (Fsp3) is 0.462. The summed E-state index contributed by atoms with van der Waals surface area (Å²) in [7, 11) is -4.65. The molecule has 10 heteroatoms. The molecule has 128 valence electrons. The van der Waals surface area contributed by atoms with Gasteiger partial charge in [0.05, 0.1) is 10.8 Å². The normalized spacial score (nSPS) is 20.4. The Morgan fingerprint density at radius 3 is 2.52 bits per heavy atom. The predicted molar refractivity (Wildman–Crippen MR) is 70.5 cm³/mol. The van der Waals surface area contributed by atoms with Crippen LogP contribution in [0.15, 0.2) is 23.1 Å². The Morgan fingerprint density at radius 1 is 1.30 bits per heavy atom. The van der Waals surface area contributed by atoms with Crippen LogP contribution in [0.5, 0.6) is 0 Å². The molecule has 2 rings (SSSR count). The van der Waals surface area contributed by atoms with Crippen LogP contribution in [0.2, 0.25) is 0 Å². The van der Waals surface area contributed by atoms with Gasteiger partial charge in [-0.1, -0.05) is 6.07 Å². The number of aliphatic carboxylic acids is 1. The molecule has 1 fully saturated rings. The summed E-state index contributed by atoms with van der Waals surface area (Å²) >= 11 is 0. The molecular weight excluding hydrogens is 342 g/mol. The van der Waals surface area contributed by atoms with Crippen LogP contribution in [-0.4, -0.2) is 36.9 Å². The second-order valence-corrected chi connectivity index (χ2v) is 7.06. The van der Waals surface area contributed by atoms with Crippen molar-refractivity contribution in [2.24, 2.45) is 5.92 Å². The molecule has 0 unspecified atom stereocenters. The molecular formula is C13H13F4NO4S. The molecule has 0 radical (unpaired) electrons. The molecule has 0 amide bonds. The van der Waals surface area contributed by atoms with Crippen LogP contribution in [0.1, 0.15) is 18.4 Å². The lowest BCUT2D eigenvalue weighted by Crippen LogP contribution is -2.42. The third kappa shape index (κ3) is 3.47. The standard InChI is InChI=1S/C13H13F4NO4S/c14-9-4-1-5-10(11(9)13(15,16)17)23(21,22)18-6-2-3-8(7-18)12(19)20/h1,4-5,8H,2-3,6-7H2,(H,19,20)/t8-/m0/s1. The Labute approximate surface area is 129 Å². The molecule has 0 aromatic heterocycles. The maximum absolute atomic E-state index is 13.6. The maximum atomic E-state index is 13.6. The smallest absolute Gasteiger partial charge is 0.420 e. The van der Waals surface area contributed by atoms with Gasteiger partial charge in [-0.05, 0) is 25.0 Å². The third-order valence-corrected chi connectivity index (χ3v) is 5.52. The van der Waals surface area contributed by atoms with Gasteiger partial charge in [-0.15, -0.1) is 0 Å². The molecule has 1 heterocycles. The minimum atomic E-state index is -5.18. The zero-order valence-electron chi connectivity index (χ0n) is 11.7. The van der Waals surface area contributed by atoms with Gasteiger partial charge in [0.1, 0.15) is 11.4 Å². The van der Waals surface area contributed by atoms with Crippen LogP contribution in [0.3, 0.4) is 0 Å². The summed E-state index contributed by atoms with van der Waals surface area (Å²) < 4.78 is 78.1. The van der Waals surface area contributed by atoms with Gasteiger partial charge in [0.25, 0.3) is 0 Å². The topological polar surface area (TPSA) is 74.7 Å². The van der Waals surface area contributed by atoms with E-state index < -0.39 is 50.9 Å². The van der Waals surface area contributed by atoms with Gasteiger partial charge in [-0.2, -0.15) is 17.5 Å². The lowest BCUT2D eigenvalue weighted by atomic mass is 10.0. The number of nitrogens with zero attached hydrogens (tertiary/aromatic N) is 1. The molecule has 1 N–H and O–H groups in total. The number of hydrogen-bond acceptors (Lipinski definition) is 3. The highest BCUT2D eigenvalue weighted by atomic mass is 32.2. The molecule has 1 atom stereocenters. The number of carbonyl (C=O) groups is 1. The molecule has 0 bridgehead atoms. The van der Waals surface area contributed by atoms with Crippen molar-refractivity contribution in [1.82, 2.24) is 4.31 Å². The molecule has 1 aliphatic rings. The number of sulfonamides is 1. The monoisotopic (exact) mass is 355 g/mol. The van der Waals surface area contributed by atoms with Gasteiger partial charge in [0.15, 0.2) is 0 Å². The number of piperidine rings is 1. The van der Waals surface area contributed by atoms with Gasteiger partial charge in [0.2, 0.25) is 10.0 Å². The first-order valence-electron chi connectivity index (χ1n) is 6.64. The van der Waals surface area contributed by atoms with Crippen molar-refractivity contribution in [3.63, 3.8) is 0 Å². The van der Waals surface area contributed by atoms with Crippen LogP contribution in [-0.2, 0) is 21.0 Å². The summed E-state index contributed by atoms with van der Waals surface area (Å²) in [4.78, 5) is 9.78. The number of carboxylic acid groups (broad SMARTS) is 1. The summed E-state index contributed by atoms with van der Waals surface area (Å²) in [5, 5.41) is 8.96. The predicted octanol–water partition coefficient (Wildman–Crippen LogP) is 2.33. The molecule has 0 spiro atoms. The Morgan fingerprint density at radius 2 is 1.96 bits per heavy atom. The first kappa shape index (κ1) is 17.7. The summed E-state index contributed by atoms with van der Waals surface area (Å²) in [5.74, 6) is -3.91. The van der Waals surface area contributed by atoms with Gasteiger partial charge in [0, 0.05) is 13.1 Å². The second kappa shape index (κ2) is 6.08. The minimum Gasteiger partial charge on any atom is -0.481 e. The van der Waals surface area contributed by atoms with E-state index in [2.05, 4.69) is 0 Å². The molecule has 1 aromatic carbocycles. The number of hydrogen-bond donors (Lipinski definition) is 1. The molecule has 1 saturated heterocycles. The molecule has 5 nitrogen and oxygen atoms in total. The summed E-state index contributed by atoms with van der Waals surface area (Å²) in [6, 6.07) is 2.07. The van der Waals surface area contributed by atoms with Gasteiger partial charge < -0.3 is 5.11 Å². The van der Waals surface area contributed by atoms with E-state index in [0.717, 1.165) is 6.07 Å². The lowest BCUT2D eigenvalue weighted by Gasteiger charge is -2.30.